The monoisotopic (exact) mass is 536 g/mol. The van der Waals surface area contributed by atoms with Gasteiger partial charge in [-0.05, 0) is 52.4 Å². The number of fused-ring (bicyclic) bond motifs is 2. The number of aromatic nitrogens is 4. The van der Waals surface area contributed by atoms with E-state index in [9.17, 15) is 18.0 Å². The first-order valence-electron chi connectivity index (χ1n) is 12.4. The van der Waals surface area contributed by atoms with Gasteiger partial charge in [0.05, 0.1) is 25.6 Å². The summed E-state index contributed by atoms with van der Waals surface area (Å²) in [6, 6.07) is 14.6. The lowest BCUT2D eigenvalue weighted by Crippen LogP contribution is -2.10. The molecule has 1 N–H and O–H groups in total. The minimum absolute atomic E-state index is 0.0240. The molecule has 3 aromatic carbocycles. The summed E-state index contributed by atoms with van der Waals surface area (Å²) in [5.74, 6) is 0.360. The number of benzene rings is 3. The zero-order chi connectivity index (χ0) is 27.3. The van der Waals surface area contributed by atoms with Gasteiger partial charge in [0.2, 0.25) is 5.82 Å². The first kappa shape index (κ1) is 24.9. The van der Waals surface area contributed by atoms with Crippen LogP contribution in [-0.4, -0.2) is 37.9 Å². The highest BCUT2D eigenvalue weighted by Gasteiger charge is 2.38. The van der Waals surface area contributed by atoms with Crippen molar-refractivity contribution in [1.82, 2.24) is 20.2 Å². The summed E-state index contributed by atoms with van der Waals surface area (Å²) in [5, 5.41) is 21.0. The maximum absolute atomic E-state index is 14.1. The van der Waals surface area contributed by atoms with Crippen LogP contribution in [0.15, 0.2) is 54.6 Å². The molecule has 0 spiro atoms. The van der Waals surface area contributed by atoms with Crippen LogP contribution in [0.2, 0.25) is 0 Å². The number of carboxylic acid groups (broad SMARTS) is 1. The lowest BCUT2D eigenvalue weighted by Gasteiger charge is -2.20. The van der Waals surface area contributed by atoms with E-state index in [1.54, 1.807) is 49.5 Å². The van der Waals surface area contributed by atoms with Crippen LogP contribution in [0.25, 0.3) is 22.5 Å². The summed E-state index contributed by atoms with van der Waals surface area (Å²) in [6.07, 6.45) is -4.04. The van der Waals surface area contributed by atoms with Crippen molar-refractivity contribution >= 4 is 5.97 Å². The average molecular weight is 537 g/mol. The topological polar surface area (TPSA) is 99.4 Å². The minimum Gasteiger partial charge on any atom is -0.492 e. The Morgan fingerprint density at radius 3 is 2.54 bits per heavy atom. The molecular formula is C28H23F3N4O4. The van der Waals surface area contributed by atoms with Crippen molar-refractivity contribution in [1.29, 1.82) is 0 Å². The highest BCUT2D eigenvalue weighted by atomic mass is 19.4. The van der Waals surface area contributed by atoms with Crippen LogP contribution in [0, 0.1) is 0 Å². The number of rotatable bonds is 6. The maximum atomic E-state index is 14.1. The van der Waals surface area contributed by atoms with Crippen molar-refractivity contribution in [3.8, 4) is 34.0 Å². The standard InChI is InChI=1S/C28H23F3N4O4/c1-35-33-27(32-34-35)16-4-2-15(3-5-16)26-21-9-11-23(20(21)8-10-22(26)28(29,30)31)39-18-6-7-19-17(12-25(36)37)14-38-24(19)13-18/h2-8,10,13,17,23H,9,11-12,14H2,1H3,(H,36,37)/t17-,23?/m1/s1. The molecule has 1 aliphatic carbocycles. The van der Waals surface area contributed by atoms with Crippen LogP contribution in [-0.2, 0) is 24.4 Å². The molecule has 2 atom stereocenters. The minimum atomic E-state index is -4.53. The van der Waals surface area contributed by atoms with Gasteiger partial charge in [-0.3, -0.25) is 4.79 Å². The van der Waals surface area contributed by atoms with E-state index in [2.05, 4.69) is 15.4 Å². The summed E-state index contributed by atoms with van der Waals surface area (Å²) >= 11 is 0. The smallest absolute Gasteiger partial charge is 0.417 e. The molecule has 11 heteroatoms. The van der Waals surface area contributed by atoms with Crippen LogP contribution in [0.4, 0.5) is 13.2 Å². The second-order valence-corrected chi connectivity index (χ2v) is 9.68. The van der Waals surface area contributed by atoms with E-state index in [0.29, 0.717) is 52.4 Å². The second-order valence-electron chi connectivity index (χ2n) is 9.68. The molecule has 4 aromatic rings. The van der Waals surface area contributed by atoms with Crippen molar-refractivity contribution in [3.63, 3.8) is 0 Å². The summed E-state index contributed by atoms with van der Waals surface area (Å²) < 4.78 is 54.3. The van der Waals surface area contributed by atoms with E-state index in [1.165, 1.54) is 10.9 Å². The molecule has 0 amide bonds. The third kappa shape index (κ3) is 4.68. The molecule has 8 nitrogen and oxygen atoms in total. The molecule has 6 rings (SSSR count). The van der Waals surface area contributed by atoms with Gasteiger partial charge in [0.15, 0.2) is 0 Å². The SMILES string of the molecule is Cn1nnc(-c2ccc(-c3c(C(F)(F)F)ccc4c3CCC4Oc3ccc4c(c3)OC[C@H]4CC(=O)O)cc2)n1. The Hall–Kier alpha value is -4.41. The number of aryl methyl sites for hydroxylation is 1. The molecule has 0 saturated heterocycles. The number of alkyl halides is 3. The normalized spacial score (nSPS) is 17.9. The number of aliphatic carboxylic acids is 1. The molecule has 0 saturated carbocycles. The molecule has 0 radical (unpaired) electrons. The number of nitrogens with zero attached hydrogens (tertiary/aromatic N) is 4. The van der Waals surface area contributed by atoms with Crippen LogP contribution in [0.5, 0.6) is 11.5 Å². The van der Waals surface area contributed by atoms with Crippen LogP contribution < -0.4 is 9.47 Å². The third-order valence-electron chi connectivity index (χ3n) is 7.16. The first-order valence-corrected chi connectivity index (χ1v) is 12.4. The number of halogens is 3. The summed E-state index contributed by atoms with van der Waals surface area (Å²) in [6.45, 7) is 0.284. The third-order valence-corrected chi connectivity index (χ3v) is 7.16. The zero-order valence-corrected chi connectivity index (χ0v) is 20.8. The number of hydrogen-bond acceptors (Lipinski definition) is 6. The van der Waals surface area contributed by atoms with Crippen molar-refractivity contribution in [3.05, 3.63) is 76.9 Å². The van der Waals surface area contributed by atoms with Crippen LogP contribution in [0.1, 0.15) is 47.1 Å². The molecule has 2 heterocycles. The van der Waals surface area contributed by atoms with Crippen molar-refractivity contribution < 1.29 is 32.5 Å². The largest absolute Gasteiger partial charge is 0.492 e. The van der Waals surface area contributed by atoms with Crippen molar-refractivity contribution in [2.75, 3.05) is 6.61 Å². The Balaban J connectivity index is 1.32. The van der Waals surface area contributed by atoms with Gasteiger partial charge in [-0.15, -0.1) is 10.2 Å². The van der Waals surface area contributed by atoms with Gasteiger partial charge in [-0.2, -0.15) is 18.0 Å². The van der Waals surface area contributed by atoms with E-state index in [4.69, 9.17) is 14.6 Å². The van der Waals surface area contributed by atoms with Crippen LogP contribution in [0.3, 0.4) is 0 Å². The first-order chi connectivity index (χ1) is 18.7. The predicted octanol–water partition coefficient (Wildman–Crippen LogP) is 5.58. The van der Waals surface area contributed by atoms with Crippen molar-refractivity contribution in [2.24, 2.45) is 7.05 Å². The van der Waals surface area contributed by atoms with Gasteiger partial charge < -0.3 is 14.6 Å². The summed E-state index contributed by atoms with van der Waals surface area (Å²) in [5.41, 5.74) is 2.69. The summed E-state index contributed by atoms with van der Waals surface area (Å²) in [4.78, 5) is 12.4. The highest BCUT2D eigenvalue weighted by molar-refractivity contribution is 5.76. The Labute approximate surface area is 221 Å². The zero-order valence-electron chi connectivity index (χ0n) is 20.8. The average Bonchev–Trinajstić information content (AvgIpc) is 3.62. The molecule has 200 valence electrons. The van der Waals surface area contributed by atoms with E-state index in [0.717, 1.165) is 11.6 Å². The lowest BCUT2D eigenvalue weighted by molar-refractivity contribution is -0.138. The fraction of sp³-hybridized carbons (Fsp3) is 0.286. The number of tetrazole rings is 1. The molecule has 1 aromatic heterocycles. The van der Waals surface area contributed by atoms with E-state index in [-0.39, 0.29) is 24.5 Å². The van der Waals surface area contributed by atoms with Gasteiger partial charge in [-0.1, -0.05) is 36.4 Å². The predicted molar refractivity (Wildman–Crippen MR) is 133 cm³/mol. The molecular weight excluding hydrogens is 513 g/mol. The maximum Gasteiger partial charge on any atom is 0.417 e. The molecule has 1 aliphatic heterocycles. The second kappa shape index (κ2) is 9.40. The molecule has 1 unspecified atom stereocenters. The lowest BCUT2D eigenvalue weighted by atomic mass is 9.91. The van der Waals surface area contributed by atoms with E-state index in [1.807, 2.05) is 0 Å². The molecule has 39 heavy (non-hydrogen) atoms. The molecule has 0 fully saturated rings. The van der Waals surface area contributed by atoms with Crippen LogP contribution >= 0.6 is 0 Å². The molecule has 2 aliphatic rings. The number of ether oxygens (including phenoxy) is 2. The number of hydrogen-bond donors (Lipinski definition) is 1. The van der Waals surface area contributed by atoms with Gasteiger partial charge >= 0.3 is 12.1 Å². The Morgan fingerprint density at radius 1 is 1.10 bits per heavy atom. The Bertz CT molecular complexity index is 1570. The molecule has 0 bridgehead atoms. The van der Waals surface area contributed by atoms with E-state index < -0.39 is 23.8 Å². The van der Waals surface area contributed by atoms with Gasteiger partial charge in [0, 0.05) is 23.1 Å². The van der Waals surface area contributed by atoms with E-state index >= 15 is 0 Å². The highest BCUT2D eigenvalue weighted by Crippen LogP contribution is 2.47. The summed E-state index contributed by atoms with van der Waals surface area (Å²) in [7, 11) is 1.64. The number of carboxylic acids is 1. The fourth-order valence-corrected chi connectivity index (χ4v) is 5.41. The van der Waals surface area contributed by atoms with Gasteiger partial charge in [-0.25, -0.2) is 0 Å². The van der Waals surface area contributed by atoms with Gasteiger partial charge in [0.1, 0.15) is 17.6 Å². The quantitative estimate of drug-likeness (QED) is 0.344. The van der Waals surface area contributed by atoms with Gasteiger partial charge in [0.25, 0.3) is 0 Å². The van der Waals surface area contributed by atoms with Crippen molar-refractivity contribution in [2.45, 2.75) is 37.5 Å². The fourth-order valence-electron chi connectivity index (χ4n) is 5.41. The Kier molecular flexibility index (Phi) is 6.00. The number of carbonyl (C=O) groups is 1. The Morgan fingerprint density at radius 2 is 1.85 bits per heavy atom.